The minimum absolute atomic E-state index is 0.0989. The van der Waals surface area contributed by atoms with E-state index in [2.05, 4.69) is 4.99 Å². The molecule has 5 aliphatic rings. The molecule has 144 valence electrons. The van der Waals surface area contributed by atoms with Crippen molar-refractivity contribution in [3.8, 4) is 0 Å². The average molecular weight is 423 g/mol. The number of hydrogen-bond donors (Lipinski definition) is 0. The van der Waals surface area contributed by atoms with E-state index in [9.17, 15) is 4.79 Å². The van der Waals surface area contributed by atoms with Crippen LogP contribution in [0.5, 0.6) is 0 Å². The fourth-order valence-corrected chi connectivity index (χ4v) is 7.78. The molecule has 1 amide bonds. The van der Waals surface area contributed by atoms with Gasteiger partial charge >= 0.3 is 0 Å². The maximum absolute atomic E-state index is 13.6. The maximum atomic E-state index is 13.6. The zero-order valence-electron chi connectivity index (χ0n) is 15.3. The van der Waals surface area contributed by atoms with Crippen molar-refractivity contribution in [1.29, 1.82) is 0 Å². The Balaban J connectivity index is 1.30. The predicted molar refractivity (Wildman–Crippen MR) is 112 cm³/mol. The molecule has 0 aromatic heterocycles. The Morgan fingerprint density at radius 2 is 1.81 bits per heavy atom. The molecule has 6 heteroatoms. The van der Waals surface area contributed by atoms with Crippen LogP contribution in [0.4, 0.5) is 0 Å². The second-order valence-electron chi connectivity index (χ2n) is 8.84. The van der Waals surface area contributed by atoms with Crippen LogP contribution in [-0.2, 0) is 10.5 Å². The van der Waals surface area contributed by atoms with Crippen molar-refractivity contribution in [2.24, 2.45) is 28.2 Å². The summed E-state index contributed by atoms with van der Waals surface area (Å²) in [5, 5.41) is 2.19. The van der Waals surface area contributed by atoms with Gasteiger partial charge in [-0.15, -0.1) is 0 Å². The van der Waals surface area contributed by atoms with E-state index < -0.39 is 0 Å². The fourth-order valence-electron chi connectivity index (χ4n) is 6.18. The fraction of sp³-hybridized carbons (Fsp3) is 0.619. The van der Waals surface area contributed by atoms with Crippen molar-refractivity contribution < 1.29 is 4.79 Å². The summed E-state index contributed by atoms with van der Waals surface area (Å²) >= 11 is 13.9. The summed E-state index contributed by atoms with van der Waals surface area (Å²) < 4.78 is 0. The topological polar surface area (TPSA) is 32.7 Å². The first-order chi connectivity index (χ1) is 13.0. The molecule has 0 spiro atoms. The van der Waals surface area contributed by atoms with Crippen LogP contribution in [0.1, 0.15) is 44.1 Å². The number of thioether (sulfide) groups is 1. The lowest BCUT2D eigenvalue weighted by atomic mass is 9.49. The molecule has 0 unspecified atom stereocenters. The van der Waals surface area contributed by atoms with Crippen LogP contribution in [0.15, 0.2) is 23.2 Å². The molecule has 1 heterocycles. The van der Waals surface area contributed by atoms with Crippen LogP contribution < -0.4 is 0 Å². The molecule has 3 nitrogen and oxygen atoms in total. The van der Waals surface area contributed by atoms with Crippen LogP contribution in [0.2, 0.25) is 10.0 Å². The van der Waals surface area contributed by atoms with Crippen molar-refractivity contribution in [2.45, 2.75) is 44.3 Å². The minimum atomic E-state index is -0.0989. The van der Waals surface area contributed by atoms with Crippen LogP contribution in [-0.4, -0.2) is 29.1 Å². The number of nitrogens with zero attached hydrogens (tertiary/aromatic N) is 2. The lowest BCUT2D eigenvalue weighted by molar-refractivity contribution is -0.152. The van der Waals surface area contributed by atoms with Gasteiger partial charge in [0.15, 0.2) is 5.17 Å². The van der Waals surface area contributed by atoms with E-state index in [1.807, 2.05) is 17.0 Å². The summed E-state index contributed by atoms with van der Waals surface area (Å²) in [6.45, 7) is 1.45. The highest BCUT2D eigenvalue weighted by Gasteiger charge is 2.56. The molecule has 0 radical (unpaired) electrons. The van der Waals surface area contributed by atoms with Gasteiger partial charge in [0.05, 0.1) is 12.0 Å². The van der Waals surface area contributed by atoms with Crippen molar-refractivity contribution in [1.82, 2.24) is 4.90 Å². The Morgan fingerprint density at radius 1 is 1.15 bits per heavy atom. The second-order valence-corrected chi connectivity index (χ2v) is 10.6. The first-order valence-electron chi connectivity index (χ1n) is 9.95. The summed E-state index contributed by atoms with van der Waals surface area (Å²) in [6.07, 6.45) is 7.39. The third-order valence-corrected chi connectivity index (χ3v) is 8.56. The van der Waals surface area contributed by atoms with E-state index in [0.29, 0.717) is 21.7 Å². The quantitative estimate of drug-likeness (QED) is 0.630. The second kappa shape index (κ2) is 6.96. The Hall–Kier alpha value is -0.710. The van der Waals surface area contributed by atoms with E-state index in [1.165, 1.54) is 19.3 Å². The van der Waals surface area contributed by atoms with Crippen LogP contribution in [0.25, 0.3) is 0 Å². The first-order valence-corrected chi connectivity index (χ1v) is 11.7. The van der Waals surface area contributed by atoms with Gasteiger partial charge in [-0.1, -0.05) is 41.0 Å². The van der Waals surface area contributed by atoms with Gasteiger partial charge in [-0.05, 0) is 74.0 Å². The molecule has 6 rings (SSSR count). The van der Waals surface area contributed by atoms with Gasteiger partial charge < -0.3 is 0 Å². The minimum Gasteiger partial charge on any atom is -0.289 e. The monoisotopic (exact) mass is 422 g/mol. The van der Waals surface area contributed by atoms with Crippen LogP contribution in [0, 0.1) is 23.2 Å². The molecule has 0 atom stereocenters. The average Bonchev–Trinajstić information content (AvgIpc) is 3.07. The number of hydrogen-bond acceptors (Lipinski definition) is 3. The van der Waals surface area contributed by atoms with Gasteiger partial charge in [0.2, 0.25) is 5.91 Å². The summed E-state index contributed by atoms with van der Waals surface area (Å²) in [5.74, 6) is 3.41. The van der Waals surface area contributed by atoms with Crippen LogP contribution >= 0.6 is 35.0 Å². The lowest BCUT2D eigenvalue weighted by Gasteiger charge is -2.56. The molecular formula is C21H24Cl2N2OS. The number of amidine groups is 1. The van der Waals surface area contributed by atoms with Crippen molar-refractivity contribution >= 4 is 46.0 Å². The maximum Gasteiger partial charge on any atom is 0.234 e. The molecule has 4 bridgehead atoms. The molecule has 4 fully saturated rings. The smallest absolute Gasteiger partial charge is 0.234 e. The highest BCUT2D eigenvalue weighted by Crippen LogP contribution is 2.60. The Morgan fingerprint density at radius 3 is 2.44 bits per heavy atom. The number of aliphatic imine (C=N–C) groups is 1. The number of carbonyl (C=O) groups is 1. The summed E-state index contributed by atoms with van der Waals surface area (Å²) in [5.41, 5.74) is 0.932. The van der Waals surface area contributed by atoms with E-state index >= 15 is 0 Å². The molecule has 1 aromatic carbocycles. The number of benzene rings is 1. The predicted octanol–water partition coefficient (Wildman–Crippen LogP) is 5.64. The number of halogens is 2. The molecule has 1 aliphatic heterocycles. The van der Waals surface area contributed by atoms with E-state index in [1.54, 1.807) is 17.8 Å². The first kappa shape index (κ1) is 18.3. The molecule has 4 aliphatic carbocycles. The molecule has 0 N–H and O–H groups in total. The summed E-state index contributed by atoms with van der Waals surface area (Å²) in [6, 6.07) is 5.59. The molecule has 4 saturated carbocycles. The van der Waals surface area contributed by atoms with Gasteiger partial charge in [-0.25, -0.2) is 0 Å². The Labute approximate surface area is 174 Å². The molecule has 27 heavy (non-hydrogen) atoms. The Kier molecular flexibility index (Phi) is 4.73. The van der Waals surface area contributed by atoms with E-state index in [0.717, 1.165) is 60.8 Å². The van der Waals surface area contributed by atoms with E-state index in [4.69, 9.17) is 23.2 Å². The highest BCUT2D eigenvalue weighted by atomic mass is 35.5. The van der Waals surface area contributed by atoms with Gasteiger partial charge in [0, 0.05) is 22.3 Å². The van der Waals surface area contributed by atoms with E-state index in [-0.39, 0.29) is 5.41 Å². The molecule has 1 aromatic rings. The zero-order chi connectivity index (χ0) is 18.6. The SMILES string of the molecule is O=C(N1CCN=C1SCc1ccc(Cl)cc1Cl)C12CC3CC(CC(C3)C1)C2. The van der Waals surface area contributed by atoms with Crippen molar-refractivity contribution in [3.63, 3.8) is 0 Å². The Bertz CT molecular complexity index is 774. The molecule has 0 saturated heterocycles. The third kappa shape index (κ3) is 3.32. The normalized spacial score (nSPS) is 34.2. The largest absolute Gasteiger partial charge is 0.289 e. The summed E-state index contributed by atoms with van der Waals surface area (Å²) in [7, 11) is 0. The summed E-state index contributed by atoms with van der Waals surface area (Å²) in [4.78, 5) is 20.3. The van der Waals surface area contributed by atoms with Crippen molar-refractivity contribution in [3.05, 3.63) is 33.8 Å². The van der Waals surface area contributed by atoms with Gasteiger partial charge in [0.1, 0.15) is 0 Å². The number of amides is 1. The zero-order valence-corrected chi connectivity index (χ0v) is 17.6. The number of carbonyl (C=O) groups excluding carboxylic acids is 1. The van der Waals surface area contributed by atoms with Gasteiger partial charge in [-0.3, -0.25) is 14.7 Å². The molecular weight excluding hydrogens is 399 g/mol. The van der Waals surface area contributed by atoms with Crippen LogP contribution in [0.3, 0.4) is 0 Å². The highest BCUT2D eigenvalue weighted by molar-refractivity contribution is 8.13. The van der Waals surface area contributed by atoms with Gasteiger partial charge in [0.25, 0.3) is 0 Å². The van der Waals surface area contributed by atoms with Crippen molar-refractivity contribution in [2.75, 3.05) is 13.1 Å². The third-order valence-electron chi connectivity index (χ3n) is 6.91. The lowest BCUT2D eigenvalue weighted by Crippen LogP contribution is -2.55. The van der Waals surface area contributed by atoms with Gasteiger partial charge in [-0.2, -0.15) is 0 Å². The number of rotatable bonds is 3. The standard InChI is InChI=1S/C21H24Cl2N2OS/c22-17-2-1-16(18(23)8-17)12-27-20-24-3-4-25(20)19(26)21-9-13-5-14(10-21)7-15(6-13)11-21/h1-2,8,13-15H,3-7,9-12H2.